The van der Waals surface area contributed by atoms with Gasteiger partial charge in [-0.25, -0.2) is 14.4 Å². The number of amides is 4. The number of hydrogen-bond donors (Lipinski definition) is 3. The van der Waals surface area contributed by atoms with Crippen LogP contribution in [-0.2, 0) is 9.53 Å². The highest BCUT2D eigenvalue weighted by Gasteiger charge is 2.36. The van der Waals surface area contributed by atoms with Crippen LogP contribution in [0, 0.1) is 5.92 Å². The molecule has 3 rings (SSSR count). The molecule has 192 valence electrons. The van der Waals surface area contributed by atoms with Crippen molar-refractivity contribution in [2.24, 2.45) is 5.92 Å². The molecule has 1 heterocycles. The van der Waals surface area contributed by atoms with E-state index in [1.807, 2.05) is 20.8 Å². The van der Waals surface area contributed by atoms with Crippen molar-refractivity contribution in [3.63, 3.8) is 0 Å². The minimum atomic E-state index is -0.677. The number of nitrogens with zero attached hydrogens (tertiary/aromatic N) is 1. The summed E-state index contributed by atoms with van der Waals surface area (Å²) in [7, 11) is 0. The molecule has 1 aliphatic heterocycles. The third kappa shape index (κ3) is 6.71. The highest BCUT2D eigenvalue weighted by atomic mass is 35.5. The van der Waals surface area contributed by atoms with Gasteiger partial charge < -0.3 is 20.7 Å². The van der Waals surface area contributed by atoms with Crippen LogP contribution >= 0.6 is 23.2 Å². The predicted octanol–water partition coefficient (Wildman–Crippen LogP) is 6.59. The summed E-state index contributed by atoms with van der Waals surface area (Å²) >= 11 is 11.9. The molecule has 0 radical (unpaired) electrons. The molecule has 1 unspecified atom stereocenters. The van der Waals surface area contributed by atoms with E-state index in [1.54, 1.807) is 54.3 Å². The van der Waals surface area contributed by atoms with Gasteiger partial charge in [0.25, 0.3) is 0 Å². The SMILES string of the molecule is CCCN1C(=O)NC(c2ccc(NC(=O)Nc3ccc(Cl)c(Cl)c3)cc2)C(C(=O)OCC(C)C)=C1C. The van der Waals surface area contributed by atoms with Gasteiger partial charge in [-0.15, -0.1) is 0 Å². The van der Waals surface area contributed by atoms with Crippen molar-refractivity contribution in [1.29, 1.82) is 0 Å². The summed E-state index contributed by atoms with van der Waals surface area (Å²) in [6.45, 7) is 8.41. The zero-order valence-corrected chi connectivity index (χ0v) is 22.2. The summed E-state index contributed by atoms with van der Waals surface area (Å²) in [5.74, 6) is -0.283. The van der Waals surface area contributed by atoms with Gasteiger partial charge in [0.15, 0.2) is 0 Å². The van der Waals surface area contributed by atoms with Gasteiger partial charge in [0, 0.05) is 23.6 Å². The molecule has 0 spiro atoms. The maximum Gasteiger partial charge on any atom is 0.338 e. The Morgan fingerprint density at radius 2 is 1.69 bits per heavy atom. The Bertz CT molecular complexity index is 1170. The minimum Gasteiger partial charge on any atom is -0.462 e. The number of carbonyl (C=O) groups is 3. The van der Waals surface area contributed by atoms with Crippen LogP contribution in [0.3, 0.4) is 0 Å². The first-order chi connectivity index (χ1) is 17.1. The molecule has 0 aromatic heterocycles. The fourth-order valence-electron chi connectivity index (χ4n) is 3.73. The molecule has 0 bridgehead atoms. The van der Waals surface area contributed by atoms with E-state index in [2.05, 4.69) is 16.0 Å². The second kappa shape index (κ2) is 12.1. The second-order valence-corrected chi connectivity index (χ2v) is 9.67. The van der Waals surface area contributed by atoms with Crippen LogP contribution in [0.15, 0.2) is 53.7 Å². The van der Waals surface area contributed by atoms with E-state index in [-0.39, 0.29) is 18.6 Å². The topological polar surface area (TPSA) is 99.8 Å². The van der Waals surface area contributed by atoms with Crippen molar-refractivity contribution >= 4 is 52.6 Å². The maximum atomic E-state index is 13.0. The van der Waals surface area contributed by atoms with E-state index in [0.29, 0.717) is 44.8 Å². The summed E-state index contributed by atoms with van der Waals surface area (Å²) in [5, 5.41) is 9.07. The van der Waals surface area contributed by atoms with E-state index in [1.165, 1.54) is 0 Å². The smallest absolute Gasteiger partial charge is 0.338 e. The Balaban J connectivity index is 1.79. The summed E-state index contributed by atoms with van der Waals surface area (Å²) in [5.41, 5.74) is 2.66. The number of anilines is 2. The molecular formula is C26H30Cl2N4O4. The van der Waals surface area contributed by atoms with Crippen LogP contribution in [0.4, 0.5) is 21.0 Å². The molecule has 3 N–H and O–H groups in total. The number of benzene rings is 2. The normalized spacial score (nSPS) is 15.6. The lowest BCUT2D eigenvalue weighted by Crippen LogP contribution is -2.48. The lowest BCUT2D eigenvalue weighted by molar-refractivity contribution is -0.140. The number of rotatable bonds is 8. The average Bonchev–Trinajstić information content (AvgIpc) is 2.82. The molecule has 0 aliphatic carbocycles. The molecule has 1 atom stereocenters. The lowest BCUT2D eigenvalue weighted by Gasteiger charge is -2.35. The van der Waals surface area contributed by atoms with E-state index in [9.17, 15) is 14.4 Å². The third-order valence-corrected chi connectivity index (χ3v) is 6.23. The molecule has 2 aromatic carbocycles. The number of nitrogens with one attached hydrogen (secondary N) is 3. The highest BCUT2D eigenvalue weighted by molar-refractivity contribution is 6.42. The Labute approximate surface area is 221 Å². The zero-order chi connectivity index (χ0) is 26.4. The fourth-order valence-corrected chi connectivity index (χ4v) is 4.03. The molecule has 8 nitrogen and oxygen atoms in total. The van der Waals surface area contributed by atoms with E-state index >= 15 is 0 Å². The number of ether oxygens (including phenoxy) is 1. The first kappa shape index (κ1) is 27.4. The largest absolute Gasteiger partial charge is 0.462 e. The predicted molar refractivity (Wildman–Crippen MR) is 142 cm³/mol. The van der Waals surface area contributed by atoms with E-state index in [0.717, 1.165) is 6.42 Å². The first-order valence-electron chi connectivity index (χ1n) is 11.7. The Morgan fingerprint density at radius 3 is 2.31 bits per heavy atom. The van der Waals surface area contributed by atoms with Crippen molar-refractivity contribution in [3.8, 4) is 0 Å². The second-order valence-electron chi connectivity index (χ2n) is 8.86. The number of carbonyl (C=O) groups excluding carboxylic acids is 3. The fraction of sp³-hybridized carbons (Fsp3) is 0.346. The molecular weight excluding hydrogens is 503 g/mol. The molecule has 36 heavy (non-hydrogen) atoms. The summed E-state index contributed by atoms with van der Waals surface area (Å²) in [6.07, 6.45) is 0.744. The van der Waals surface area contributed by atoms with Crippen LogP contribution in [0.25, 0.3) is 0 Å². The molecule has 0 saturated carbocycles. The summed E-state index contributed by atoms with van der Waals surface area (Å²) in [6, 6.07) is 10.3. The summed E-state index contributed by atoms with van der Waals surface area (Å²) in [4.78, 5) is 39.8. The van der Waals surface area contributed by atoms with Crippen molar-refractivity contribution in [2.75, 3.05) is 23.8 Å². The molecule has 10 heteroatoms. The Morgan fingerprint density at radius 1 is 1.06 bits per heavy atom. The zero-order valence-electron chi connectivity index (χ0n) is 20.7. The number of allylic oxidation sites excluding steroid dienone is 1. The van der Waals surface area contributed by atoms with Gasteiger partial charge in [0.05, 0.1) is 28.3 Å². The monoisotopic (exact) mass is 532 g/mol. The van der Waals surface area contributed by atoms with Gasteiger partial charge in [0.2, 0.25) is 0 Å². The molecule has 4 amide bonds. The highest BCUT2D eigenvalue weighted by Crippen LogP contribution is 2.32. The van der Waals surface area contributed by atoms with Gasteiger partial charge in [-0.2, -0.15) is 0 Å². The molecule has 0 fully saturated rings. The van der Waals surface area contributed by atoms with Gasteiger partial charge in [-0.3, -0.25) is 4.90 Å². The Hall–Kier alpha value is -3.23. The van der Waals surface area contributed by atoms with Gasteiger partial charge in [0.1, 0.15) is 0 Å². The van der Waals surface area contributed by atoms with E-state index in [4.69, 9.17) is 27.9 Å². The van der Waals surface area contributed by atoms with Crippen molar-refractivity contribution in [2.45, 2.75) is 40.2 Å². The summed E-state index contributed by atoms with van der Waals surface area (Å²) < 4.78 is 5.52. The average molecular weight is 533 g/mol. The quantitative estimate of drug-likeness (QED) is 0.334. The number of esters is 1. The Kier molecular flexibility index (Phi) is 9.23. The van der Waals surface area contributed by atoms with E-state index < -0.39 is 18.0 Å². The third-order valence-electron chi connectivity index (χ3n) is 5.49. The van der Waals surface area contributed by atoms with Crippen LogP contribution in [0.2, 0.25) is 10.0 Å². The molecule has 1 aliphatic rings. The van der Waals surface area contributed by atoms with Gasteiger partial charge in [-0.05, 0) is 55.2 Å². The minimum absolute atomic E-state index is 0.179. The van der Waals surface area contributed by atoms with Gasteiger partial charge >= 0.3 is 18.0 Å². The van der Waals surface area contributed by atoms with Crippen molar-refractivity contribution in [3.05, 3.63) is 69.3 Å². The van der Waals surface area contributed by atoms with Crippen molar-refractivity contribution in [1.82, 2.24) is 10.2 Å². The standard InChI is InChI=1S/C26H30Cl2N4O4/c1-5-12-32-16(4)22(24(33)36-14-15(2)3)23(31-26(32)35)17-6-8-18(9-7-17)29-25(34)30-19-10-11-20(27)21(28)13-19/h6-11,13,15,23H,5,12,14H2,1-4H3,(H,31,35)(H2,29,30,34). The van der Waals surface area contributed by atoms with Crippen LogP contribution < -0.4 is 16.0 Å². The van der Waals surface area contributed by atoms with Crippen LogP contribution in [0.1, 0.15) is 45.7 Å². The number of hydrogen-bond acceptors (Lipinski definition) is 4. The molecule has 0 saturated heterocycles. The number of urea groups is 2. The van der Waals surface area contributed by atoms with Crippen LogP contribution in [0.5, 0.6) is 0 Å². The number of halogens is 2. The maximum absolute atomic E-state index is 13.0. The molecule has 2 aromatic rings. The first-order valence-corrected chi connectivity index (χ1v) is 12.4. The van der Waals surface area contributed by atoms with Gasteiger partial charge in [-0.1, -0.05) is 56.1 Å². The lowest BCUT2D eigenvalue weighted by atomic mass is 9.94. The van der Waals surface area contributed by atoms with Crippen LogP contribution in [-0.4, -0.2) is 36.1 Å². The van der Waals surface area contributed by atoms with Crippen molar-refractivity contribution < 1.29 is 19.1 Å².